The highest BCUT2D eigenvalue weighted by atomic mass is 32.1. The van der Waals surface area contributed by atoms with Gasteiger partial charge in [0.1, 0.15) is 9.49 Å². The topological polar surface area (TPSA) is 6.48 Å². The Kier molecular flexibility index (Phi) is 6.36. The standard InChI is InChI=1S/C14H30N2S2/c1-13(2,17)11-15-7-5-9-16(10-6-8-15)12-14(3,4)18/h17-18H,5-12H2,1-4H3/p+2. The van der Waals surface area contributed by atoms with E-state index >= 15 is 0 Å². The van der Waals surface area contributed by atoms with Gasteiger partial charge in [0.25, 0.3) is 0 Å². The summed E-state index contributed by atoms with van der Waals surface area (Å²) in [7, 11) is 0. The SMILES string of the molecule is CC(C)([SH2+])CN1CCCN(CC(C)(C)[SH2+])CCC1. The molecule has 1 aliphatic heterocycles. The Bertz CT molecular complexity index is 209. The normalized spacial score (nSPS) is 21.7. The van der Waals surface area contributed by atoms with Crippen molar-refractivity contribution in [1.29, 1.82) is 0 Å². The van der Waals surface area contributed by atoms with E-state index in [0.29, 0.717) is 0 Å². The van der Waals surface area contributed by atoms with Crippen LogP contribution in [0.15, 0.2) is 0 Å². The molecule has 2 nitrogen and oxygen atoms in total. The molecule has 1 heterocycles. The zero-order valence-corrected chi connectivity index (χ0v) is 14.6. The number of nitrogens with zero attached hydrogens (tertiary/aromatic N) is 2. The van der Waals surface area contributed by atoms with Gasteiger partial charge in [0, 0.05) is 13.1 Å². The number of hydrogen-bond acceptors (Lipinski definition) is 2. The minimum absolute atomic E-state index is 0.233. The van der Waals surface area contributed by atoms with Gasteiger partial charge in [0.2, 0.25) is 0 Å². The molecule has 0 amide bonds. The molecule has 0 atom stereocenters. The van der Waals surface area contributed by atoms with Gasteiger partial charge < -0.3 is 0 Å². The molecule has 0 saturated carbocycles. The van der Waals surface area contributed by atoms with E-state index in [9.17, 15) is 0 Å². The van der Waals surface area contributed by atoms with Gasteiger partial charge in [-0.2, -0.15) is 0 Å². The van der Waals surface area contributed by atoms with E-state index in [4.69, 9.17) is 0 Å². The quantitative estimate of drug-likeness (QED) is 0.712. The summed E-state index contributed by atoms with van der Waals surface area (Å²) in [5.41, 5.74) is 0. The van der Waals surface area contributed by atoms with Gasteiger partial charge in [0.15, 0.2) is 0 Å². The van der Waals surface area contributed by atoms with Crippen LogP contribution >= 0.6 is 0 Å². The Morgan fingerprint density at radius 1 is 0.722 bits per heavy atom. The monoisotopic (exact) mass is 292 g/mol. The van der Waals surface area contributed by atoms with E-state index in [-0.39, 0.29) is 9.49 Å². The van der Waals surface area contributed by atoms with E-state index < -0.39 is 0 Å². The van der Waals surface area contributed by atoms with Crippen LogP contribution in [-0.2, 0) is 25.3 Å². The van der Waals surface area contributed by atoms with Crippen molar-refractivity contribution >= 4 is 25.3 Å². The average molecular weight is 293 g/mol. The third-order valence-electron chi connectivity index (χ3n) is 3.14. The minimum atomic E-state index is 0.233. The van der Waals surface area contributed by atoms with Crippen LogP contribution in [0.2, 0.25) is 0 Å². The van der Waals surface area contributed by atoms with Gasteiger partial charge in [0.05, 0.1) is 0 Å². The van der Waals surface area contributed by atoms with E-state index in [1.807, 2.05) is 0 Å². The second-order valence-electron chi connectivity index (χ2n) is 7.03. The van der Waals surface area contributed by atoms with Crippen molar-refractivity contribution in [1.82, 2.24) is 9.80 Å². The van der Waals surface area contributed by atoms with Crippen LogP contribution in [0.1, 0.15) is 40.5 Å². The second kappa shape index (κ2) is 6.87. The first-order valence-electron chi connectivity index (χ1n) is 7.10. The maximum Gasteiger partial charge on any atom is 0.130 e. The molecule has 0 N–H and O–H groups in total. The average Bonchev–Trinajstić information content (AvgIpc) is 2.08. The van der Waals surface area contributed by atoms with E-state index in [1.165, 1.54) is 39.0 Å². The lowest BCUT2D eigenvalue weighted by Gasteiger charge is -2.33. The van der Waals surface area contributed by atoms with E-state index in [0.717, 1.165) is 13.1 Å². The highest BCUT2D eigenvalue weighted by Gasteiger charge is 2.26. The van der Waals surface area contributed by atoms with Crippen LogP contribution in [0.5, 0.6) is 0 Å². The van der Waals surface area contributed by atoms with Crippen molar-refractivity contribution in [2.45, 2.75) is 50.0 Å². The summed E-state index contributed by atoms with van der Waals surface area (Å²) in [6.07, 6.45) is 2.56. The van der Waals surface area contributed by atoms with Gasteiger partial charge >= 0.3 is 0 Å². The first-order valence-corrected chi connectivity index (χ1v) is 8.10. The van der Waals surface area contributed by atoms with Crippen molar-refractivity contribution in [3.8, 4) is 0 Å². The molecule has 0 aliphatic carbocycles. The summed E-state index contributed by atoms with van der Waals surface area (Å²) in [6, 6.07) is 0. The Morgan fingerprint density at radius 2 is 1.00 bits per heavy atom. The smallest absolute Gasteiger partial charge is 0.130 e. The van der Waals surface area contributed by atoms with Crippen LogP contribution in [0.3, 0.4) is 0 Å². The van der Waals surface area contributed by atoms with E-state index in [1.54, 1.807) is 0 Å². The molecule has 0 aromatic rings. The molecule has 18 heavy (non-hydrogen) atoms. The van der Waals surface area contributed by atoms with Crippen molar-refractivity contribution in [2.24, 2.45) is 0 Å². The molecule has 0 aromatic heterocycles. The van der Waals surface area contributed by atoms with Crippen LogP contribution in [-0.4, -0.2) is 58.6 Å². The molecular weight excluding hydrogens is 260 g/mol. The van der Waals surface area contributed by atoms with Crippen LogP contribution < -0.4 is 0 Å². The lowest BCUT2D eigenvalue weighted by Crippen LogP contribution is -2.45. The Hall–Kier alpha value is 0.620. The molecule has 1 rings (SSSR count). The van der Waals surface area contributed by atoms with Gasteiger partial charge in [-0.05, 0) is 92.0 Å². The molecule has 108 valence electrons. The molecule has 0 spiro atoms. The molecule has 1 fully saturated rings. The molecule has 0 radical (unpaired) electrons. The molecule has 0 aromatic carbocycles. The van der Waals surface area contributed by atoms with Crippen LogP contribution in [0.25, 0.3) is 0 Å². The summed E-state index contributed by atoms with van der Waals surface area (Å²) < 4.78 is 0.465. The summed E-state index contributed by atoms with van der Waals surface area (Å²) in [5, 5.41) is 0. The second-order valence-corrected chi connectivity index (χ2v) is 9.73. The maximum absolute atomic E-state index is 3.80. The van der Waals surface area contributed by atoms with E-state index in [2.05, 4.69) is 62.8 Å². The van der Waals surface area contributed by atoms with Crippen molar-refractivity contribution in [3.05, 3.63) is 0 Å². The van der Waals surface area contributed by atoms with Gasteiger partial charge in [-0.1, -0.05) is 0 Å². The number of rotatable bonds is 4. The Morgan fingerprint density at radius 3 is 1.22 bits per heavy atom. The third-order valence-corrected chi connectivity index (χ3v) is 3.45. The fraction of sp³-hybridized carbons (Fsp3) is 1.00. The lowest BCUT2D eigenvalue weighted by molar-refractivity contribution is 0.169. The van der Waals surface area contributed by atoms with Crippen molar-refractivity contribution < 1.29 is 0 Å². The zero-order chi connectivity index (χ0) is 13.8. The Balaban J connectivity index is 2.36. The largest absolute Gasteiger partial charge is 0.298 e. The third kappa shape index (κ3) is 7.93. The molecule has 1 saturated heterocycles. The van der Waals surface area contributed by atoms with Crippen molar-refractivity contribution in [2.75, 3.05) is 39.3 Å². The predicted molar refractivity (Wildman–Crippen MR) is 90.6 cm³/mol. The molecule has 0 unspecified atom stereocenters. The lowest BCUT2D eigenvalue weighted by atomic mass is 10.1. The van der Waals surface area contributed by atoms with Crippen LogP contribution in [0, 0.1) is 0 Å². The molecule has 0 bridgehead atoms. The van der Waals surface area contributed by atoms with Gasteiger partial charge in [-0.25, -0.2) is 0 Å². The zero-order valence-electron chi connectivity index (χ0n) is 12.6. The number of hydrogen-bond donors (Lipinski definition) is 0. The first kappa shape index (κ1) is 16.7. The highest BCUT2D eigenvalue weighted by molar-refractivity contribution is 7.60. The van der Waals surface area contributed by atoms with Crippen LogP contribution in [0.4, 0.5) is 0 Å². The fourth-order valence-electron chi connectivity index (χ4n) is 2.69. The predicted octanol–water partition coefficient (Wildman–Crippen LogP) is 0.964. The summed E-state index contributed by atoms with van der Waals surface area (Å²) in [6.45, 7) is 16.2. The fourth-order valence-corrected chi connectivity index (χ4v) is 3.14. The Labute approximate surface area is 124 Å². The summed E-state index contributed by atoms with van der Waals surface area (Å²) in [5.74, 6) is 0. The molecule has 4 heteroatoms. The molecule has 1 aliphatic rings. The maximum atomic E-state index is 3.80. The van der Waals surface area contributed by atoms with Crippen molar-refractivity contribution in [3.63, 3.8) is 0 Å². The summed E-state index contributed by atoms with van der Waals surface area (Å²) in [4.78, 5) is 5.20. The summed E-state index contributed by atoms with van der Waals surface area (Å²) >= 11 is 7.61. The van der Waals surface area contributed by atoms with Gasteiger partial charge in [-0.3, -0.25) is 9.80 Å². The van der Waals surface area contributed by atoms with Gasteiger partial charge in [-0.15, -0.1) is 0 Å². The minimum Gasteiger partial charge on any atom is -0.298 e. The highest BCUT2D eigenvalue weighted by Crippen LogP contribution is 2.13. The molecular formula is C14H32N2S2+2. The first-order chi connectivity index (χ1) is 8.16.